The molecule has 0 aliphatic carbocycles. The van der Waals surface area contributed by atoms with Gasteiger partial charge in [0.25, 0.3) is 5.91 Å². The minimum absolute atomic E-state index is 0.0518. The maximum Gasteiger partial charge on any atom is 0.251 e. The fraction of sp³-hybridized carbons (Fsp3) is 0.304. The number of hydrogen-bond acceptors (Lipinski definition) is 4. The van der Waals surface area contributed by atoms with Crippen LogP contribution in [-0.4, -0.2) is 37.7 Å². The molecule has 1 aliphatic heterocycles. The van der Waals surface area contributed by atoms with Crippen molar-refractivity contribution in [1.82, 2.24) is 10.3 Å². The van der Waals surface area contributed by atoms with Crippen molar-refractivity contribution in [1.29, 1.82) is 0 Å². The largest absolute Gasteiger partial charge is 0.385 e. The van der Waals surface area contributed by atoms with E-state index in [1.54, 1.807) is 7.11 Å². The third-order valence-corrected chi connectivity index (χ3v) is 5.14. The molecule has 0 radical (unpaired) electrons. The first-order valence-electron chi connectivity index (χ1n) is 9.71. The number of carbonyl (C=O) groups is 1. The van der Waals surface area contributed by atoms with Gasteiger partial charge in [-0.25, -0.2) is 4.98 Å². The Morgan fingerprint density at radius 3 is 2.79 bits per heavy atom. The van der Waals surface area contributed by atoms with Gasteiger partial charge in [0.2, 0.25) is 0 Å². The Morgan fingerprint density at radius 1 is 1.18 bits per heavy atom. The van der Waals surface area contributed by atoms with Crippen molar-refractivity contribution >= 4 is 28.3 Å². The molecular formula is C23H25N3O2. The molecule has 28 heavy (non-hydrogen) atoms. The van der Waals surface area contributed by atoms with Crippen molar-refractivity contribution in [2.24, 2.45) is 0 Å². The van der Waals surface area contributed by atoms with Crippen LogP contribution in [0.1, 0.15) is 27.9 Å². The Labute approximate surface area is 165 Å². The van der Waals surface area contributed by atoms with Crippen LogP contribution < -0.4 is 10.2 Å². The topological polar surface area (TPSA) is 54.5 Å². The number of pyridine rings is 1. The van der Waals surface area contributed by atoms with Crippen molar-refractivity contribution in [3.05, 3.63) is 65.2 Å². The number of anilines is 2. The number of nitrogens with one attached hydrogen (secondary N) is 1. The highest BCUT2D eigenvalue weighted by molar-refractivity contribution is 5.94. The lowest BCUT2D eigenvalue weighted by Crippen LogP contribution is -2.25. The summed E-state index contributed by atoms with van der Waals surface area (Å²) in [6, 6.07) is 16.4. The van der Waals surface area contributed by atoms with Crippen LogP contribution in [0, 0.1) is 6.92 Å². The number of amides is 1. The lowest BCUT2D eigenvalue weighted by atomic mass is 10.1. The minimum Gasteiger partial charge on any atom is -0.385 e. The van der Waals surface area contributed by atoms with Crippen LogP contribution in [0.25, 0.3) is 10.9 Å². The summed E-state index contributed by atoms with van der Waals surface area (Å²) in [5, 5.41) is 4.11. The normalized spacial score (nSPS) is 13.0. The molecule has 0 spiro atoms. The number of aromatic nitrogens is 1. The molecule has 5 nitrogen and oxygen atoms in total. The summed E-state index contributed by atoms with van der Waals surface area (Å²) in [5.41, 5.74) is 5.25. The summed E-state index contributed by atoms with van der Waals surface area (Å²) < 4.78 is 5.00. The van der Waals surface area contributed by atoms with Gasteiger partial charge in [-0.3, -0.25) is 4.79 Å². The maximum absolute atomic E-state index is 12.2. The molecule has 3 aromatic rings. The number of hydrogen-bond donors (Lipinski definition) is 1. The zero-order chi connectivity index (χ0) is 19.5. The molecule has 1 aromatic heterocycles. The summed E-state index contributed by atoms with van der Waals surface area (Å²) in [6.45, 7) is 4.25. The number of nitrogens with zero attached hydrogens (tertiary/aromatic N) is 2. The van der Waals surface area contributed by atoms with Gasteiger partial charge in [0, 0.05) is 43.4 Å². The molecule has 1 amide bonds. The predicted octanol–water partition coefficient (Wildman–Crippen LogP) is 4.00. The van der Waals surface area contributed by atoms with Crippen LogP contribution in [-0.2, 0) is 11.2 Å². The third-order valence-electron chi connectivity index (χ3n) is 5.14. The average Bonchev–Trinajstić information content (AvgIpc) is 3.12. The second-order valence-electron chi connectivity index (χ2n) is 7.22. The van der Waals surface area contributed by atoms with E-state index < -0.39 is 0 Å². The molecule has 0 bridgehead atoms. The van der Waals surface area contributed by atoms with E-state index in [0.717, 1.165) is 36.4 Å². The van der Waals surface area contributed by atoms with Crippen molar-refractivity contribution in [2.45, 2.75) is 19.8 Å². The van der Waals surface area contributed by atoms with Crippen molar-refractivity contribution in [2.75, 3.05) is 31.7 Å². The van der Waals surface area contributed by atoms with Crippen LogP contribution in [0.5, 0.6) is 0 Å². The molecule has 0 atom stereocenters. The smallest absolute Gasteiger partial charge is 0.251 e. The maximum atomic E-state index is 12.2. The van der Waals surface area contributed by atoms with Crippen molar-refractivity contribution in [3.8, 4) is 0 Å². The standard InChI is InChI=1S/C23H25N3O2/c1-16-4-5-18-15-19-10-12-26(22(19)25-21(18)14-16)20-8-6-17(7-9-20)23(27)24-11-3-13-28-2/h4-9,14-15H,3,10-13H2,1-2H3,(H,24,27). The molecule has 0 saturated carbocycles. The minimum atomic E-state index is -0.0518. The molecule has 5 heteroatoms. The highest BCUT2D eigenvalue weighted by Gasteiger charge is 2.23. The first-order chi connectivity index (χ1) is 13.7. The molecule has 2 aromatic carbocycles. The Morgan fingerprint density at radius 2 is 2.00 bits per heavy atom. The Kier molecular flexibility index (Phi) is 5.26. The van der Waals surface area contributed by atoms with E-state index >= 15 is 0 Å². The molecule has 0 unspecified atom stereocenters. The summed E-state index contributed by atoms with van der Waals surface area (Å²) >= 11 is 0. The van der Waals surface area contributed by atoms with Crippen molar-refractivity contribution < 1.29 is 9.53 Å². The second-order valence-corrected chi connectivity index (χ2v) is 7.22. The molecule has 2 heterocycles. The van der Waals surface area contributed by atoms with Gasteiger partial charge in [-0.2, -0.15) is 0 Å². The van der Waals surface area contributed by atoms with Gasteiger partial charge < -0.3 is 15.0 Å². The Hall–Kier alpha value is -2.92. The fourth-order valence-electron chi connectivity index (χ4n) is 3.63. The number of aryl methyl sites for hydroxylation is 1. The van der Waals surface area contributed by atoms with E-state index in [1.165, 1.54) is 16.5 Å². The summed E-state index contributed by atoms with van der Waals surface area (Å²) in [5.74, 6) is 0.971. The first-order valence-corrected chi connectivity index (χ1v) is 9.71. The fourth-order valence-corrected chi connectivity index (χ4v) is 3.63. The van der Waals surface area contributed by atoms with Gasteiger partial charge in [-0.1, -0.05) is 12.1 Å². The zero-order valence-corrected chi connectivity index (χ0v) is 16.4. The number of fused-ring (bicyclic) bond motifs is 2. The number of rotatable bonds is 6. The summed E-state index contributed by atoms with van der Waals surface area (Å²) in [6.07, 6.45) is 1.79. The van der Waals surface area contributed by atoms with Crippen LogP contribution in [0.3, 0.4) is 0 Å². The van der Waals surface area contributed by atoms with Crippen LogP contribution in [0.2, 0.25) is 0 Å². The third kappa shape index (κ3) is 3.71. The van der Waals surface area contributed by atoms with Gasteiger partial charge in [0.05, 0.1) is 5.52 Å². The quantitative estimate of drug-likeness (QED) is 0.662. The van der Waals surface area contributed by atoms with E-state index in [-0.39, 0.29) is 5.91 Å². The molecule has 1 aliphatic rings. The lowest BCUT2D eigenvalue weighted by Gasteiger charge is -2.19. The monoisotopic (exact) mass is 375 g/mol. The van der Waals surface area contributed by atoms with E-state index in [0.29, 0.717) is 18.7 Å². The lowest BCUT2D eigenvalue weighted by molar-refractivity contribution is 0.0948. The highest BCUT2D eigenvalue weighted by atomic mass is 16.5. The van der Waals surface area contributed by atoms with Crippen LogP contribution in [0.15, 0.2) is 48.5 Å². The zero-order valence-electron chi connectivity index (χ0n) is 16.4. The number of benzene rings is 2. The van der Waals surface area contributed by atoms with E-state index in [4.69, 9.17) is 9.72 Å². The van der Waals surface area contributed by atoms with Gasteiger partial charge >= 0.3 is 0 Å². The van der Waals surface area contributed by atoms with Crippen LogP contribution in [0.4, 0.5) is 11.5 Å². The summed E-state index contributed by atoms with van der Waals surface area (Å²) in [4.78, 5) is 19.4. The predicted molar refractivity (Wildman–Crippen MR) is 112 cm³/mol. The number of ether oxygens (including phenoxy) is 1. The highest BCUT2D eigenvalue weighted by Crippen LogP contribution is 2.35. The second kappa shape index (κ2) is 7.98. The van der Waals surface area contributed by atoms with Crippen LogP contribution >= 0.6 is 0 Å². The number of methoxy groups -OCH3 is 1. The van der Waals surface area contributed by atoms with Gasteiger partial charge in [0.1, 0.15) is 5.82 Å². The molecule has 0 saturated heterocycles. The van der Waals surface area contributed by atoms with E-state index in [2.05, 4.69) is 41.4 Å². The Balaban J connectivity index is 1.52. The summed E-state index contributed by atoms with van der Waals surface area (Å²) in [7, 11) is 1.66. The molecule has 4 rings (SSSR count). The molecule has 1 N–H and O–H groups in total. The van der Waals surface area contributed by atoms with Gasteiger partial charge in [-0.15, -0.1) is 0 Å². The van der Waals surface area contributed by atoms with Gasteiger partial charge in [-0.05, 0) is 67.3 Å². The Bertz CT molecular complexity index is 999. The average molecular weight is 375 g/mol. The first kappa shape index (κ1) is 18.4. The molecular weight excluding hydrogens is 350 g/mol. The van der Waals surface area contributed by atoms with E-state index in [1.807, 2.05) is 24.3 Å². The van der Waals surface area contributed by atoms with Crippen molar-refractivity contribution in [3.63, 3.8) is 0 Å². The molecule has 0 fully saturated rings. The van der Waals surface area contributed by atoms with Gasteiger partial charge in [0.15, 0.2) is 0 Å². The molecule has 144 valence electrons. The number of carbonyl (C=O) groups excluding carboxylic acids is 1. The SMILES string of the molecule is COCCCNC(=O)c1ccc(N2CCc3cc4ccc(C)cc4nc32)cc1. The van der Waals surface area contributed by atoms with E-state index in [9.17, 15) is 4.79 Å².